The molecule has 2 aliphatic carbocycles. The third-order valence-corrected chi connectivity index (χ3v) is 7.60. The Kier molecular flexibility index (Phi) is 4.07. The highest BCUT2D eigenvalue weighted by atomic mass is 32.2. The van der Waals surface area contributed by atoms with Gasteiger partial charge in [0, 0.05) is 5.41 Å². The van der Waals surface area contributed by atoms with Crippen molar-refractivity contribution in [2.24, 2.45) is 16.7 Å². The van der Waals surface area contributed by atoms with Crippen molar-refractivity contribution < 1.29 is 8.42 Å². The van der Waals surface area contributed by atoms with Gasteiger partial charge in [0.25, 0.3) is 0 Å². The Morgan fingerprint density at radius 1 is 1.12 bits per heavy atom. The maximum Gasteiger partial charge on any atom is 0.182 e. The molecule has 0 unspecified atom stereocenters. The van der Waals surface area contributed by atoms with E-state index < -0.39 is 9.84 Å². The topological polar surface area (TPSA) is 34.1 Å². The van der Waals surface area contributed by atoms with Gasteiger partial charge in [-0.2, -0.15) is 0 Å². The molecule has 0 aliphatic heterocycles. The quantitative estimate of drug-likeness (QED) is 0.715. The van der Waals surface area contributed by atoms with Gasteiger partial charge in [-0.15, -0.1) is 0 Å². The van der Waals surface area contributed by atoms with Crippen LogP contribution >= 0.6 is 0 Å². The van der Waals surface area contributed by atoms with Crippen LogP contribution in [0.25, 0.3) is 0 Å². The number of hydrogen-bond donors (Lipinski definition) is 0. The maximum atomic E-state index is 13.0. The van der Waals surface area contributed by atoms with E-state index >= 15 is 0 Å². The van der Waals surface area contributed by atoms with Gasteiger partial charge in [0.1, 0.15) is 0 Å². The molecule has 0 fully saturated rings. The van der Waals surface area contributed by atoms with Crippen molar-refractivity contribution in [2.75, 3.05) is 5.75 Å². The molecule has 2 atom stereocenters. The SMILES string of the molecule is CC1=CC[C@@H](C)[C@@]12CC(C)(C)C=C2CS(=O)(=O)c1ccc(C)cc1. The van der Waals surface area contributed by atoms with Crippen LogP contribution in [0.3, 0.4) is 0 Å². The maximum absolute atomic E-state index is 13.0. The first-order valence-electron chi connectivity index (χ1n) is 8.76. The molecule has 0 amide bonds. The third-order valence-electron chi connectivity index (χ3n) is 5.92. The molecule has 1 spiro atoms. The molecule has 0 N–H and O–H groups in total. The molecule has 3 heteroatoms. The standard InChI is InChI=1S/C21H28O2S/c1-15-6-10-19(11-7-15)24(22,23)13-18-12-20(4,5)14-21(18)16(2)8-9-17(21)3/h6-8,10-12,17H,9,13-14H2,1-5H3/t17-,21-/m1/s1. The Hall–Kier alpha value is -1.35. The molecular formula is C21H28O2S. The van der Waals surface area contributed by atoms with E-state index in [1.54, 1.807) is 12.1 Å². The fourth-order valence-corrected chi connectivity index (χ4v) is 6.16. The van der Waals surface area contributed by atoms with E-state index in [2.05, 4.69) is 39.8 Å². The zero-order valence-corrected chi connectivity index (χ0v) is 16.2. The fraction of sp³-hybridized carbons (Fsp3) is 0.524. The van der Waals surface area contributed by atoms with Gasteiger partial charge in [-0.3, -0.25) is 0 Å². The summed E-state index contributed by atoms with van der Waals surface area (Å²) in [5, 5.41) is 0. The average Bonchev–Trinajstić information content (AvgIpc) is 2.90. The summed E-state index contributed by atoms with van der Waals surface area (Å²) < 4.78 is 26.0. The van der Waals surface area contributed by atoms with Crippen LogP contribution in [0.2, 0.25) is 0 Å². The molecule has 0 radical (unpaired) electrons. The van der Waals surface area contributed by atoms with Crippen LogP contribution in [-0.4, -0.2) is 14.2 Å². The van der Waals surface area contributed by atoms with Gasteiger partial charge in [0.2, 0.25) is 0 Å². The molecule has 0 heterocycles. The predicted octanol–water partition coefficient (Wildman–Crippen LogP) is 5.10. The molecule has 2 aliphatic rings. The summed E-state index contributed by atoms with van der Waals surface area (Å²) in [5.41, 5.74) is 3.51. The van der Waals surface area contributed by atoms with Crippen molar-refractivity contribution in [3.8, 4) is 0 Å². The second kappa shape index (κ2) is 5.59. The van der Waals surface area contributed by atoms with Gasteiger partial charge < -0.3 is 0 Å². The molecule has 0 saturated heterocycles. The van der Waals surface area contributed by atoms with E-state index in [4.69, 9.17) is 0 Å². The second-order valence-corrected chi connectivity index (χ2v) is 10.4. The minimum atomic E-state index is -3.32. The number of aryl methyl sites for hydroxylation is 1. The largest absolute Gasteiger partial charge is 0.223 e. The molecular weight excluding hydrogens is 316 g/mol. The van der Waals surface area contributed by atoms with Gasteiger partial charge in [-0.05, 0) is 55.7 Å². The van der Waals surface area contributed by atoms with Gasteiger partial charge in [0.05, 0.1) is 10.6 Å². The van der Waals surface area contributed by atoms with Crippen molar-refractivity contribution in [1.82, 2.24) is 0 Å². The summed E-state index contributed by atoms with van der Waals surface area (Å²) in [6.07, 6.45) is 6.60. The van der Waals surface area contributed by atoms with Gasteiger partial charge in [-0.25, -0.2) is 8.42 Å². The molecule has 0 aromatic heterocycles. The Morgan fingerprint density at radius 3 is 2.29 bits per heavy atom. The molecule has 1 aromatic rings. The number of sulfone groups is 1. The van der Waals surface area contributed by atoms with E-state index in [-0.39, 0.29) is 16.6 Å². The van der Waals surface area contributed by atoms with Crippen LogP contribution in [0.5, 0.6) is 0 Å². The first-order valence-corrected chi connectivity index (χ1v) is 10.4. The minimum absolute atomic E-state index is 0.0474. The Bertz CT molecular complexity index is 810. The molecule has 0 saturated carbocycles. The minimum Gasteiger partial charge on any atom is -0.223 e. The summed E-state index contributed by atoms with van der Waals surface area (Å²) in [6.45, 7) is 10.9. The molecule has 2 nitrogen and oxygen atoms in total. The molecule has 3 rings (SSSR count). The van der Waals surface area contributed by atoms with E-state index in [0.29, 0.717) is 10.8 Å². The Labute approximate surface area is 146 Å². The summed E-state index contributed by atoms with van der Waals surface area (Å²) in [4.78, 5) is 0.432. The van der Waals surface area contributed by atoms with Crippen molar-refractivity contribution in [1.29, 1.82) is 0 Å². The highest BCUT2D eigenvalue weighted by Crippen LogP contribution is 2.60. The second-order valence-electron chi connectivity index (χ2n) is 8.40. The van der Waals surface area contributed by atoms with E-state index in [0.717, 1.165) is 24.0 Å². The summed E-state index contributed by atoms with van der Waals surface area (Å²) >= 11 is 0. The van der Waals surface area contributed by atoms with E-state index in [1.807, 2.05) is 19.1 Å². The molecule has 0 bridgehead atoms. The number of rotatable bonds is 3. The van der Waals surface area contributed by atoms with Crippen LogP contribution in [0.1, 0.15) is 46.1 Å². The zero-order chi connectivity index (χ0) is 17.8. The Balaban J connectivity index is 2.01. The van der Waals surface area contributed by atoms with Crippen LogP contribution < -0.4 is 0 Å². The van der Waals surface area contributed by atoms with Crippen LogP contribution in [0.4, 0.5) is 0 Å². The highest BCUT2D eigenvalue weighted by Gasteiger charge is 2.51. The zero-order valence-electron chi connectivity index (χ0n) is 15.4. The van der Waals surface area contributed by atoms with Crippen molar-refractivity contribution in [3.63, 3.8) is 0 Å². The summed E-state index contributed by atoms with van der Waals surface area (Å²) in [5.74, 6) is 0.605. The lowest BCUT2D eigenvalue weighted by molar-refractivity contribution is 0.247. The van der Waals surface area contributed by atoms with Gasteiger partial charge in [0.15, 0.2) is 9.84 Å². The smallest absolute Gasteiger partial charge is 0.182 e. The van der Waals surface area contributed by atoms with Crippen molar-refractivity contribution in [3.05, 3.63) is 53.1 Å². The van der Waals surface area contributed by atoms with Crippen LogP contribution in [-0.2, 0) is 9.84 Å². The average molecular weight is 345 g/mol. The number of allylic oxidation sites excluding steroid dienone is 3. The molecule has 24 heavy (non-hydrogen) atoms. The van der Waals surface area contributed by atoms with Crippen molar-refractivity contribution >= 4 is 9.84 Å². The summed E-state index contributed by atoms with van der Waals surface area (Å²) in [7, 11) is -3.32. The van der Waals surface area contributed by atoms with Crippen LogP contribution in [0.15, 0.2) is 52.5 Å². The highest BCUT2D eigenvalue weighted by molar-refractivity contribution is 7.91. The molecule has 1 aromatic carbocycles. The lowest BCUT2D eigenvalue weighted by Gasteiger charge is -2.37. The lowest BCUT2D eigenvalue weighted by atomic mass is 9.68. The van der Waals surface area contributed by atoms with Gasteiger partial charge in [-0.1, -0.05) is 56.2 Å². The van der Waals surface area contributed by atoms with E-state index in [1.165, 1.54) is 5.57 Å². The Morgan fingerprint density at radius 2 is 1.75 bits per heavy atom. The van der Waals surface area contributed by atoms with Crippen molar-refractivity contribution in [2.45, 2.75) is 52.4 Å². The summed E-state index contributed by atoms with van der Waals surface area (Å²) in [6, 6.07) is 7.22. The van der Waals surface area contributed by atoms with Crippen LogP contribution in [0, 0.1) is 23.7 Å². The molecule has 130 valence electrons. The predicted molar refractivity (Wildman–Crippen MR) is 99.7 cm³/mol. The van der Waals surface area contributed by atoms with Gasteiger partial charge >= 0.3 is 0 Å². The number of benzene rings is 1. The third kappa shape index (κ3) is 2.77. The first kappa shape index (κ1) is 17.5. The van der Waals surface area contributed by atoms with E-state index in [9.17, 15) is 8.42 Å². The fourth-order valence-electron chi connectivity index (χ4n) is 4.70. The first-order chi connectivity index (χ1) is 11.1. The normalized spacial score (nSPS) is 29.0. The number of hydrogen-bond acceptors (Lipinski definition) is 2. The lowest BCUT2D eigenvalue weighted by Crippen LogP contribution is -2.31. The monoisotopic (exact) mass is 344 g/mol.